The third-order valence-electron chi connectivity index (χ3n) is 3.08. The van der Waals surface area contributed by atoms with Gasteiger partial charge in [-0.3, -0.25) is 4.79 Å². The molecule has 2 rings (SSSR count). The molecule has 1 amide bonds. The Morgan fingerprint density at radius 1 is 1.25 bits per heavy atom. The molecule has 1 aromatic heterocycles. The van der Waals surface area contributed by atoms with Gasteiger partial charge in [0.25, 0.3) is 5.91 Å². The summed E-state index contributed by atoms with van der Waals surface area (Å²) >= 11 is 5.84. The standard InChI is InChI=1S/C15H16ClN3O/c1-9-4-5-12(10(2)6-9)19(3)15(20)11-7-13(16)18-14(17)8-11/h4-8H,1-3H3,(H2,17,18). The minimum absolute atomic E-state index is 0.173. The highest BCUT2D eigenvalue weighted by Crippen LogP contribution is 2.22. The first-order chi connectivity index (χ1) is 9.38. The van der Waals surface area contributed by atoms with Crippen LogP contribution in [0.4, 0.5) is 11.5 Å². The van der Waals surface area contributed by atoms with Gasteiger partial charge < -0.3 is 10.6 Å². The van der Waals surface area contributed by atoms with Gasteiger partial charge in [-0.25, -0.2) is 4.98 Å². The van der Waals surface area contributed by atoms with Crippen LogP contribution in [0.25, 0.3) is 0 Å². The van der Waals surface area contributed by atoms with Crippen LogP contribution in [0.3, 0.4) is 0 Å². The van der Waals surface area contributed by atoms with Crippen LogP contribution in [-0.2, 0) is 0 Å². The minimum atomic E-state index is -0.173. The summed E-state index contributed by atoms with van der Waals surface area (Å²) in [6.45, 7) is 3.99. The lowest BCUT2D eigenvalue weighted by Crippen LogP contribution is -2.27. The van der Waals surface area contributed by atoms with Crippen molar-refractivity contribution < 1.29 is 4.79 Å². The highest BCUT2D eigenvalue weighted by atomic mass is 35.5. The number of carbonyl (C=O) groups is 1. The second kappa shape index (κ2) is 5.51. The van der Waals surface area contributed by atoms with Gasteiger partial charge in [0.2, 0.25) is 0 Å². The van der Waals surface area contributed by atoms with Gasteiger partial charge in [0.05, 0.1) is 0 Å². The van der Waals surface area contributed by atoms with E-state index in [1.807, 2.05) is 32.0 Å². The van der Waals surface area contributed by atoms with Crippen LogP contribution in [0.1, 0.15) is 21.5 Å². The third kappa shape index (κ3) is 2.91. The van der Waals surface area contributed by atoms with Crippen molar-refractivity contribution in [2.24, 2.45) is 0 Å². The van der Waals surface area contributed by atoms with Crippen LogP contribution in [0.5, 0.6) is 0 Å². The minimum Gasteiger partial charge on any atom is -0.384 e. The van der Waals surface area contributed by atoms with E-state index in [1.165, 1.54) is 12.1 Å². The molecule has 1 heterocycles. The number of aromatic nitrogens is 1. The van der Waals surface area contributed by atoms with Gasteiger partial charge in [0, 0.05) is 18.3 Å². The summed E-state index contributed by atoms with van der Waals surface area (Å²) in [4.78, 5) is 17.9. The molecule has 20 heavy (non-hydrogen) atoms. The van der Waals surface area contributed by atoms with Gasteiger partial charge >= 0.3 is 0 Å². The van der Waals surface area contributed by atoms with Crippen LogP contribution in [0.15, 0.2) is 30.3 Å². The number of amides is 1. The number of benzene rings is 1. The van der Waals surface area contributed by atoms with E-state index in [2.05, 4.69) is 4.98 Å². The Balaban J connectivity index is 2.37. The maximum atomic E-state index is 12.5. The number of rotatable bonds is 2. The van der Waals surface area contributed by atoms with Crippen LogP contribution in [0, 0.1) is 13.8 Å². The number of anilines is 2. The zero-order chi connectivity index (χ0) is 14.9. The number of hydrogen-bond acceptors (Lipinski definition) is 3. The molecule has 2 N–H and O–H groups in total. The Bertz CT molecular complexity index is 650. The molecule has 0 radical (unpaired) electrons. The fourth-order valence-corrected chi connectivity index (χ4v) is 2.34. The molecule has 0 saturated heterocycles. The van der Waals surface area contributed by atoms with E-state index >= 15 is 0 Å². The van der Waals surface area contributed by atoms with Gasteiger partial charge in [-0.1, -0.05) is 29.3 Å². The van der Waals surface area contributed by atoms with Crippen molar-refractivity contribution in [3.63, 3.8) is 0 Å². The van der Waals surface area contributed by atoms with E-state index in [-0.39, 0.29) is 16.9 Å². The van der Waals surface area contributed by atoms with E-state index in [0.717, 1.165) is 16.8 Å². The summed E-state index contributed by atoms with van der Waals surface area (Å²) in [5, 5.41) is 0.211. The number of pyridine rings is 1. The fourth-order valence-electron chi connectivity index (χ4n) is 2.13. The van der Waals surface area contributed by atoms with E-state index < -0.39 is 0 Å². The number of aryl methyl sites for hydroxylation is 2. The van der Waals surface area contributed by atoms with Crippen molar-refractivity contribution in [1.82, 2.24) is 4.98 Å². The monoisotopic (exact) mass is 289 g/mol. The van der Waals surface area contributed by atoms with Gasteiger partial charge in [0.15, 0.2) is 0 Å². The van der Waals surface area contributed by atoms with E-state index in [4.69, 9.17) is 17.3 Å². The number of hydrogen-bond donors (Lipinski definition) is 1. The number of carbonyl (C=O) groups excluding carboxylic acids is 1. The first-order valence-electron chi connectivity index (χ1n) is 6.17. The molecule has 2 aromatic rings. The predicted molar refractivity (Wildman–Crippen MR) is 82.3 cm³/mol. The van der Waals surface area contributed by atoms with Crippen molar-refractivity contribution in [3.05, 3.63) is 52.2 Å². The normalized spacial score (nSPS) is 10.4. The number of nitrogens with two attached hydrogens (primary N) is 1. The maximum Gasteiger partial charge on any atom is 0.258 e. The Kier molecular flexibility index (Phi) is 3.95. The number of halogens is 1. The van der Waals surface area contributed by atoms with Gasteiger partial charge in [-0.15, -0.1) is 0 Å². The highest BCUT2D eigenvalue weighted by Gasteiger charge is 2.16. The van der Waals surface area contributed by atoms with E-state index in [1.54, 1.807) is 11.9 Å². The maximum absolute atomic E-state index is 12.5. The highest BCUT2D eigenvalue weighted by molar-refractivity contribution is 6.30. The molecule has 0 bridgehead atoms. The first kappa shape index (κ1) is 14.3. The Morgan fingerprint density at radius 3 is 2.55 bits per heavy atom. The molecule has 0 spiro atoms. The van der Waals surface area contributed by atoms with Crippen molar-refractivity contribution in [3.8, 4) is 0 Å². The Morgan fingerprint density at radius 2 is 1.95 bits per heavy atom. The van der Waals surface area contributed by atoms with Crippen LogP contribution < -0.4 is 10.6 Å². The predicted octanol–water partition coefficient (Wildman–Crippen LogP) is 3.21. The zero-order valence-electron chi connectivity index (χ0n) is 11.6. The number of nitrogens with zero attached hydrogens (tertiary/aromatic N) is 2. The lowest BCUT2D eigenvalue weighted by Gasteiger charge is -2.20. The summed E-state index contributed by atoms with van der Waals surface area (Å²) in [5.74, 6) is 0.0582. The molecule has 0 aliphatic rings. The molecule has 104 valence electrons. The summed E-state index contributed by atoms with van der Waals surface area (Å²) in [5.41, 5.74) is 9.09. The largest absolute Gasteiger partial charge is 0.384 e. The van der Waals surface area contributed by atoms with Crippen molar-refractivity contribution in [1.29, 1.82) is 0 Å². The van der Waals surface area contributed by atoms with E-state index in [0.29, 0.717) is 5.56 Å². The number of nitrogen functional groups attached to an aromatic ring is 1. The van der Waals surface area contributed by atoms with Crippen molar-refractivity contribution >= 4 is 29.0 Å². The molecule has 0 fully saturated rings. The summed E-state index contributed by atoms with van der Waals surface area (Å²) in [6, 6.07) is 8.97. The SMILES string of the molecule is Cc1ccc(N(C)C(=O)c2cc(N)nc(Cl)c2)c(C)c1. The summed E-state index contributed by atoms with van der Waals surface area (Å²) in [7, 11) is 1.73. The average molecular weight is 290 g/mol. The molecule has 5 heteroatoms. The smallest absolute Gasteiger partial charge is 0.258 e. The second-order valence-corrected chi connectivity index (χ2v) is 5.14. The molecule has 0 aliphatic heterocycles. The first-order valence-corrected chi connectivity index (χ1v) is 6.54. The second-order valence-electron chi connectivity index (χ2n) is 4.76. The van der Waals surface area contributed by atoms with Gasteiger partial charge in [-0.2, -0.15) is 0 Å². The molecule has 1 aromatic carbocycles. The molecule has 4 nitrogen and oxygen atoms in total. The van der Waals surface area contributed by atoms with Crippen LogP contribution in [-0.4, -0.2) is 17.9 Å². The van der Waals surface area contributed by atoms with Crippen molar-refractivity contribution in [2.75, 3.05) is 17.7 Å². The topological polar surface area (TPSA) is 59.2 Å². The third-order valence-corrected chi connectivity index (χ3v) is 3.27. The molecule has 0 unspecified atom stereocenters. The lowest BCUT2D eigenvalue weighted by atomic mass is 10.1. The Hall–Kier alpha value is -2.07. The molecular formula is C15H16ClN3O. The van der Waals surface area contributed by atoms with Gasteiger partial charge in [-0.05, 0) is 37.6 Å². The quantitative estimate of drug-likeness (QED) is 0.864. The molecule has 0 atom stereocenters. The van der Waals surface area contributed by atoms with Crippen LogP contribution >= 0.6 is 11.6 Å². The van der Waals surface area contributed by atoms with Crippen LogP contribution in [0.2, 0.25) is 5.15 Å². The zero-order valence-corrected chi connectivity index (χ0v) is 12.4. The summed E-state index contributed by atoms with van der Waals surface area (Å²) < 4.78 is 0. The lowest BCUT2D eigenvalue weighted by molar-refractivity contribution is 0.0993. The average Bonchev–Trinajstić information content (AvgIpc) is 2.36. The fraction of sp³-hybridized carbons (Fsp3) is 0.200. The Labute approximate surface area is 123 Å². The van der Waals surface area contributed by atoms with Crippen molar-refractivity contribution in [2.45, 2.75) is 13.8 Å². The summed E-state index contributed by atoms with van der Waals surface area (Å²) in [6.07, 6.45) is 0. The van der Waals surface area contributed by atoms with Gasteiger partial charge in [0.1, 0.15) is 11.0 Å². The molecule has 0 saturated carbocycles. The van der Waals surface area contributed by atoms with E-state index in [9.17, 15) is 4.79 Å². The molecular weight excluding hydrogens is 274 g/mol. The molecule has 0 aliphatic carbocycles.